The van der Waals surface area contributed by atoms with E-state index in [1.54, 1.807) is 12.1 Å². The summed E-state index contributed by atoms with van der Waals surface area (Å²) < 4.78 is 0. The van der Waals surface area contributed by atoms with Crippen molar-refractivity contribution in [3.05, 3.63) is 138 Å². The summed E-state index contributed by atoms with van der Waals surface area (Å²) >= 11 is 0. The molecule has 0 amide bonds. The second-order valence-electron chi connectivity index (χ2n) is 15.1. The van der Waals surface area contributed by atoms with Crippen LogP contribution in [-0.2, 0) is 0 Å². The van der Waals surface area contributed by atoms with Gasteiger partial charge in [0.25, 0.3) is 0 Å². The molecule has 0 N–H and O–H groups in total. The normalized spacial score (nSPS) is 20.2. The zero-order valence-electron chi connectivity index (χ0n) is 29.9. The maximum Gasteiger partial charge on any atom is 0.164 e. The van der Waals surface area contributed by atoms with Crippen LogP contribution in [0.15, 0.2) is 121 Å². The minimum absolute atomic E-state index is 0.458. The van der Waals surface area contributed by atoms with Crippen LogP contribution < -0.4 is 0 Å². The van der Waals surface area contributed by atoms with Gasteiger partial charge in [-0.05, 0) is 106 Å². The molecular formula is C47H41N5. The molecule has 0 saturated heterocycles. The Kier molecular flexibility index (Phi) is 8.74. The smallest absolute Gasteiger partial charge is 0.164 e. The van der Waals surface area contributed by atoms with Gasteiger partial charge in [-0.15, -0.1) is 0 Å². The van der Waals surface area contributed by atoms with Crippen LogP contribution in [0.5, 0.6) is 0 Å². The monoisotopic (exact) mass is 675 g/mol. The van der Waals surface area contributed by atoms with Crippen LogP contribution in [0, 0.1) is 45.8 Å². The first-order valence-electron chi connectivity index (χ1n) is 18.4. The molecule has 1 aromatic heterocycles. The topological polar surface area (TPSA) is 86.2 Å². The molecule has 2 bridgehead atoms. The third-order valence-corrected chi connectivity index (χ3v) is 12.0. The van der Waals surface area contributed by atoms with Crippen molar-refractivity contribution in [3.63, 3.8) is 0 Å². The number of rotatable bonds is 7. The van der Waals surface area contributed by atoms with Crippen LogP contribution in [0.1, 0.15) is 69.1 Å². The van der Waals surface area contributed by atoms with Crippen molar-refractivity contribution in [2.75, 3.05) is 0 Å². The van der Waals surface area contributed by atoms with Crippen molar-refractivity contribution in [1.82, 2.24) is 15.0 Å². The molecule has 4 atom stereocenters. The first-order chi connectivity index (χ1) is 25.3. The van der Waals surface area contributed by atoms with E-state index in [4.69, 9.17) is 15.0 Å². The number of benzene rings is 5. The maximum absolute atomic E-state index is 9.61. The Hall–Kier alpha value is -5.91. The first-order valence-corrected chi connectivity index (χ1v) is 18.4. The predicted octanol–water partition coefficient (Wildman–Crippen LogP) is 11.5. The zero-order chi connectivity index (χ0) is 35.8. The lowest BCUT2D eigenvalue weighted by atomic mass is 9.57. The second-order valence-corrected chi connectivity index (χ2v) is 15.1. The summed E-state index contributed by atoms with van der Waals surface area (Å²) in [6.45, 7) is 7.41. The van der Waals surface area contributed by atoms with Crippen LogP contribution in [0.3, 0.4) is 0 Å². The summed E-state index contributed by atoms with van der Waals surface area (Å²) in [5, 5.41) is 19.0. The van der Waals surface area contributed by atoms with Gasteiger partial charge in [0.15, 0.2) is 17.5 Å². The first kappa shape index (κ1) is 33.2. The average Bonchev–Trinajstić information content (AvgIpc) is 3.35. The highest BCUT2D eigenvalue weighted by Gasteiger charge is 2.52. The van der Waals surface area contributed by atoms with E-state index in [0.29, 0.717) is 39.9 Å². The molecule has 0 spiro atoms. The summed E-state index contributed by atoms with van der Waals surface area (Å²) in [6, 6.07) is 45.2. The number of nitriles is 2. The Morgan fingerprint density at radius 1 is 0.577 bits per heavy atom. The lowest BCUT2D eigenvalue weighted by Crippen LogP contribution is -2.39. The van der Waals surface area contributed by atoms with Crippen molar-refractivity contribution in [2.24, 2.45) is 23.2 Å². The molecule has 1 heterocycles. The van der Waals surface area contributed by atoms with E-state index in [-0.39, 0.29) is 0 Å². The lowest BCUT2D eigenvalue weighted by molar-refractivity contribution is 0.0500. The number of nitrogens with zero attached hydrogens (tertiary/aromatic N) is 5. The Morgan fingerprint density at radius 2 is 1.06 bits per heavy atom. The molecule has 2 unspecified atom stereocenters. The summed E-state index contributed by atoms with van der Waals surface area (Å²) in [6.07, 6.45) is 5.30. The molecule has 2 saturated carbocycles. The Balaban J connectivity index is 1.13. The van der Waals surface area contributed by atoms with E-state index >= 15 is 0 Å². The van der Waals surface area contributed by atoms with Gasteiger partial charge in [0.1, 0.15) is 0 Å². The third-order valence-electron chi connectivity index (χ3n) is 12.0. The molecule has 5 heteroatoms. The van der Waals surface area contributed by atoms with Gasteiger partial charge < -0.3 is 0 Å². The highest BCUT2D eigenvalue weighted by Crippen LogP contribution is 2.62. The number of fused-ring (bicyclic) bond motifs is 2. The lowest BCUT2D eigenvalue weighted by Gasteiger charge is -2.47. The highest BCUT2D eigenvalue weighted by molar-refractivity contribution is 5.74. The van der Waals surface area contributed by atoms with E-state index in [1.807, 2.05) is 66.7 Å². The largest absolute Gasteiger partial charge is 0.208 e. The maximum atomic E-state index is 9.61. The Bertz CT molecular complexity index is 2340. The molecule has 0 aliphatic heterocycles. The van der Waals surface area contributed by atoms with Gasteiger partial charge >= 0.3 is 0 Å². The van der Waals surface area contributed by atoms with Crippen molar-refractivity contribution in [1.29, 1.82) is 10.5 Å². The molecule has 5 nitrogen and oxygen atoms in total. The molecule has 254 valence electrons. The van der Waals surface area contributed by atoms with Crippen LogP contribution in [-0.4, -0.2) is 15.0 Å². The molecule has 8 rings (SSSR count). The summed E-state index contributed by atoms with van der Waals surface area (Å²) in [5.41, 5.74) is 9.86. The Labute approximate surface area is 306 Å². The fourth-order valence-corrected chi connectivity index (χ4v) is 9.16. The molecule has 0 radical (unpaired) electrons. The number of aromatic nitrogens is 3. The van der Waals surface area contributed by atoms with Crippen molar-refractivity contribution >= 4 is 0 Å². The summed E-state index contributed by atoms with van der Waals surface area (Å²) in [7, 11) is 0. The number of hydrogen-bond acceptors (Lipinski definition) is 5. The molecule has 5 aromatic carbocycles. The quantitative estimate of drug-likeness (QED) is 0.168. The standard InChI is InChI=1S/C47H41N5/c1-4-41-42(27-40-22-23-43(41)47(40,2)3)34-18-14-33(15-19-34)37-11-7-13-39(26-37)46-51-44(50-45(52-46)38-12-6-9-31(25-38)29-49)35-20-16-32(17-21-35)36-10-5-8-30(24-36)28-48/h5-21,24-26,40-43H,4,22-23,27H2,1-3H3/t40-,41?,42?,43+/m0/s1. The summed E-state index contributed by atoms with van der Waals surface area (Å²) in [4.78, 5) is 14.9. The van der Waals surface area contributed by atoms with Gasteiger partial charge in [-0.3, -0.25) is 0 Å². The van der Waals surface area contributed by atoms with Gasteiger partial charge in [-0.2, -0.15) is 10.5 Å². The van der Waals surface area contributed by atoms with Gasteiger partial charge in [0.2, 0.25) is 0 Å². The van der Waals surface area contributed by atoms with Gasteiger partial charge in [0, 0.05) is 16.7 Å². The van der Waals surface area contributed by atoms with E-state index in [0.717, 1.165) is 51.1 Å². The van der Waals surface area contributed by atoms with Gasteiger partial charge in [-0.25, -0.2) is 15.0 Å². The zero-order valence-corrected chi connectivity index (χ0v) is 29.9. The van der Waals surface area contributed by atoms with Crippen molar-refractivity contribution < 1.29 is 0 Å². The molecular weight excluding hydrogens is 635 g/mol. The molecule has 2 fully saturated rings. The molecule has 6 aromatic rings. The van der Waals surface area contributed by atoms with E-state index in [1.165, 1.54) is 36.8 Å². The van der Waals surface area contributed by atoms with Gasteiger partial charge in [0.05, 0.1) is 23.3 Å². The van der Waals surface area contributed by atoms with Crippen LogP contribution in [0.2, 0.25) is 0 Å². The third kappa shape index (κ3) is 6.18. The SMILES string of the molecule is CCC1C(c2ccc(-c3cccc(-c4nc(-c5ccc(-c6cccc(C#N)c6)cc5)nc(-c5cccc(C#N)c5)n4)c3)cc2)C[C@@H]2CC[C@H]1C2(C)C. The number of hydrogen-bond donors (Lipinski definition) is 0. The minimum atomic E-state index is 0.458. The fraction of sp³-hybridized carbons (Fsp3) is 0.255. The predicted molar refractivity (Wildman–Crippen MR) is 208 cm³/mol. The van der Waals surface area contributed by atoms with E-state index < -0.39 is 0 Å². The van der Waals surface area contributed by atoms with E-state index in [9.17, 15) is 10.5 Å². The van der Waals surface area contributed by atoms with Crippen molar-refractivity contribution in [2.45, 2.75) is 52.4 Å². The minimum Gasteiger partial charge on any atom is -0.208 e. The second kappa shape index (κ2) is 13.7. The van der Waals surface area contributed by atoms with Crippen molar-refractivity contribution in [3.8, 4) is 68.6 Å². The average molecular weight is 676 g/mol. The Morgan fingerprint density at radius 3 is 1.65 bits per heavy atom. The fourth-order valence-electron chi connectivity index (χ4n) is 9.16. The molecule has 2 aliphatic carbocycles. The van der Waals surface area contributed by atoms with E-state index in [2.05, 4.69) is 75.4 Å². The van der Waals surface area contributed by atoms with Crippen LogP contribution >= 0.6 is 0 Å². The van der Waals surface area contributed by atoms with Gasteiger partial charge in [-0.1, -0.05) is 118 Å². The summed E-state index contributed by atoms with van der Waals surface area (Å²) in [5.74, 6) is 4.63. The molecule has 2 aliphatic rings. The molecule has 52 heavy (non-hydrogen) atoms. The van der Waals surface area contributed by atoms with Crippen LogP contribution in [0.25, 0.3) is 56.4 Å². The highest BCUT2D eigenvalue weighted by atomic mass is 15.0. The van der Waals surface area contributed by atoms with Crippen LogP contribution in [0.4, 0.5) is 0 Å².